The number of anilines is 4. The van der Waals surface area contributed by atoms with E-state index in [9.17, 15) is 0 Å². The number of hydrogen-bond acceptors (Lipinski definition) is 2. The summed E-state index contributed by atoms with van der Waals surface area (Å²) in [7, 11) is 2.14. The van der Waals surface area contributed by atoms with Crippen molar-refractivity contribution in [1.82, 2.24) is 0 Å². The van der Waals surface area contributed by atoms with Gasteiger partial charge in [-0.1, -0.05) is 145 Å². The quantitative estimate of drug-likeness (QED) is 0.156. The molecule has 0 heterocycles. The zero-order chi connectivity index (χ0) is 37.0. The maximum absolute atomic E-state index is 2.36. The van der Waals surface area contributed by atoms with Gasteiger partial charge < -0.3 is 9.80 Å². The zero-order valence-corrected chi connectivity index (χ0v) is 31.4. The molecule has 0 spiro atoms. The monoisotopic (exact) mass is 696 g/mol. The molecular weight excluding hydrogens is 653 g/mol. The van der Waals surface area contributed by atoms with Crippen LogP contribution in [0, 0.1) is 6.92 Å². The third-order valence-electron chi connectivity index (χ3n) is 10.3. The molecule has 0 aliphatic rings. The van der Waals surface area contributed by atoms with Gasteiger partial charge in [0, 0.05) is 36.0 Å². The van der Waals surface area contributed by atoms with Crippen molar-refractivity contribution in [3.8, 4) is 33.4 Å². The van der Waals surface area contributed by atoms with Crippen LogP contribution in [0.1, 0.15) is 19.4 Å². The standard InChI is InChI=1S/C52H44N2/c1-37(2)51-44(25-15-28-49(51)50-29-14-22-41-21-11-16-38(3)52(41)50)36-53(4)45-30-32-46(33-31-45)54(47-26-12-23-42(34-47)39-17-7-5-8-18-39)48-27-13-24-43(35-48)40-19-9-6-10-20-40/h5-36H,1-4H3/b44-36+. The van der Waals surface area contributed by atoms with Crippen LogP contribution in [0.5, 0.6) is 0 Å². The topological polar surface area (TPSA) is 6.48 Å². The molecule has 0 bridgehead atoms. The second-order valence-corrected chi connectivity index (χ2v) is 14.2. The smallest absolute Gasteiger partial charge is 0.0467 e. The third kappa shape index (κ3) is 6.95. The average molecular weight is 697 g/mol. The van der Waals surface area contributed by atoms with Crippen LogP contribution >= 0.6 is 0 Å². The highest BCUT2D eigenvalue weighted by molar-refractivity contribution is 5.99. The maximum Gasteiger partial charge on any atom is 0.0467 e. The van der Waals surface area contributed by atoms with Gasteiger partial charge >= 0.3 is 0 Å². The first kappa shape index (κ1) is 34.4. The van der Waals surface area contributed by atoms with E-state index in [4.69, 9.17) is 0 Å². The first-order chi connectivity index (χ1) is 26.4. The zero-order valence-electron chi connectivity index (χ0n) is 31.4. The molecule has 0 aromatic heterocycles. The van der Waals surface area contributed by atoms with Crippen molar-refractivity contribution in [3.05, 3.63) is 204 Å². The van der Waals surface area contributed by atoms with Crippen LogP contribution in [0.3, 0.4) is 0 Å². The Hall–Kier alpha value is -6.64. The number of nitrogens with zero attached hydrogens (tertiary/aromatic N) is 2. The van der Waals surface area contributed by atoms with Crippen LogP contribution in [-0.2, 0) is 0 Å². The van der Waals surface area contributed by atoms with E-state index in [1.54, 1.807) is 0 Å². The van der Waals surface area contributed by atoms with Crippen molar-refractivity contribution < 1.29 is 0 Å². The van der Waals surface area contributed by atoms with E-state index in [0.717, 1.165) is 22.7 Å². The highest BCUT2D eigenvalue weighted by Crippen LogP contribution is 2.39. The second-order valence-electron chi connectivity index (χ2n) is 14.2. The molecule has 0 fully saturated rings. The number of benzene rings is 8. The average Bonchev–Trinajstić information content (AvgIpc) is 3.22. The molecule has 54 heavy (non-hydrogen) atoms. The van der Waals surface area contributed by atoms with Crippen molar-refractivity contribution in [2.75, 3.05) is 16.8 Å². The van der Waals surface area contributed by atoms with Gasteiger partial charge in [0.25, 0.3) is 0 Å². The number of rotatable bonds is 8. The van der Waals surface area contributed by atoms with Gasteiger partial charge in [-0.25, -0.2) is 0 Å². The Morgan fingerprint density at radius 3 is 1.54 bits per heavy atom. The van der Waals surface area contributed by atoms with E-state index in [1.807, 2.05) is 0 Å². The summed E-state index contributed by atoms with van der Waals surface area (Å²) in [6.45, 7) is 6.65. The van der Waals surface area contributed by atoms with Gasteiger partial charge in [0.05, 0.1) is 0 Å². The molecule has 8 rings (SSSR count). The lowest BCUT2D eigenvalue weighted by atomic mass is 9.92. The molecule has 0 amide bonds. The van der Waals surface area contributed by atoms with E-state index >= 15 is 0 Å². The van der Waals surface area contributed by atoms with Crippen molar-refractivity contribution in [2.45, 2.75) is 20.8 Å². The molecule has 0 atom stereocenters. The van der Waals surface area contributed by atoms with Crippen molar-refractivity contribution in [1.29, 1.82) is 0 Å². The fourth-order valence-electron chi connectivity index (χ4n) is 7.69. The fourth-order valence-corrected chi connectivity index (χ4v) is 7.69. The first-order valence-corrected chi connectivity index (χ1v) is 18.7. The summed E-state index contributed by atoms with van der Waals surface area (Å²) in [5, 5.41) is 5.06. The molecule has 2 heteroatoms. The highest BCUT2D eigenvalue weighted by atomic mass is 15.1. The molecule has 0 radical (unpaired) electrons. The summed E-state index contributed by atoms with van der Waals surface area (Å²) in [5.74, 6) is 0. The van der Waals surface area contributed by atoms with Gasteiger partial charge in [-0.15, -0.1) is 0 Å². The molecule has 262 valence electrons. The van der Waals surface area contributed by atoms with Crippen molar-refractivity contribution in [2.24, 2.45) is 0 Å². The second kappa shape index (κ2) is 15.1. The van der Waals surface area contributed by atoms with Crippen molar-refractivity contribution >= 4 is 45.3 Å². The largest absolute Gasteiger partial charge is 0.350 e. The van der Waals surface area contributed by atoms with Gasteiger partial charge in [-0.3, -0.25) is 0 Å². The van der Waals surface area contributed by atoms with Crippen LogP contribution in [0.2, 0.25) is 0 Å². The summed E-state index contributed by atoms with van der Waals surface area (Å²) in [6.07, 6.45) is 2.27. The van der Waals surface area contributed by atoms with E-state index in [-0.39, 0.29) is 0 Å². The molecule has 0 unspecified atom stereocenters. The SMILES string of the molecule is CC(C)=c1c(-c2cccc3cccc(C)c23)ccc/c1=C\N(C)c1ccc(N(c2cccc(-c3ccccc3)c2)c2cccc(-c3ccccc3)c2)cc1. The molecule has 8 aromatic rings. The van der Waals surface area contributed by atoms with Crippen LogP contribution in [0.15, 0.2) is 188 Å². The minimum Gasteiger partial charge on any atom is -0.350 e. The van der Waals surface area contributed by atoms with Gasteiger partial charge in [-0.05, 0) is 129 Å². The predicted octanol–water partition coefficient (Wildman–Crippen LogP) is 12.7. The van der Waals surface area contributed by atoms with Gasteiger partial charge in [0.2, 0.25) is 0 Å². The van der Waals surface area contributed by atoms with Crippen LogP contribution in [0.4, 0.5) is 22.7 Å². The number of fused-ring (bicyclic) bond motifs is 1. The molecular formula is C52H44N2. The summed E-state index contributed by atoms with van der Waals surface area (Å²) >= 11 is 0. The Morgan fingerprint density at radius 2 is 0.944 bits per heavy atom. The van der Waals surface area contributed by atoms with E-state index < -0.39 is 0 Å². The Kier molecular flexibility index (Phi) is 9.66. The van der Waals surface area contributed by atoms with Crippen molar-refractivity contribution in [3.63, 3.8) is 0 Å². The van der Waals surface area contributed by atoms with E-state index in [0.29, 0.717) is 0 Å². The summed E-state index contributed by atoms with van der Waals surface area (Å²) in [6, 6.07) is 67.7. The predicted molar refractivity (Wildman–Crippen MR) is 233 cm³/mol. The lowest BCUT2D eigenvalue weighted by Crippen LogP contribution is -2.31. The lowest BCUT2D eigenvalue weighted by Gasteiger charge is -2.27. The Morgan fingerprint density at radius 1 is 0.444 bits per heavy atom. The van der Waals surface area contributed by atoms with Crippen LogP contribution in [-0.4, -0.2) is 7.05 Å². The molecule has 8 aromatic carbocycles. The highest BCUT2D eigenvalue weighted by Gasteiger charge is 2.15. The number of aryl methyl sites for hydroxylation is 1. The molecule has 2 nitrogen and oxygen atoms in total. The van der Waals surface area contributed by atoms with Crippen LogP contribution in [0.25, 0.3) is 55.9 Å². The van der Waals surface area contributed by atoms with E-state index in [1.165, 1.54) is 65.7 Å². The molecule has 0 saturated heterocycles. The summed E-state index contributed by atoms with van der Waals surface area (Å²) in [4.78, 5) is 4.59. The third-order valence-corrected chi connectivity index (χ3v) is 10.3. The fraction of sp³-hybridized carbons (Fsp3) is 0.0769. The summed E-state index contributed by atoms with van der Waals surface area (Å²) < 4.78 is 0. The minimum atomic E-state index is 1.09. The molecule has 0 N–H and O–H groups in total. The first-order valence-electron chi connectivity index (χ1n) is 18.7. The lowest BCUT2D eigenvalue weighted by molar-refractivity contribution is 1.24. The molecule has 0 saturated carbocycles. The molecule has 0 aliphatic carbocycles. The van der Waals surface area contributed by atoms with E-state index in [2.05, 4.69) is 232 Å². The van der Waals surface area contributed by atoms with Gasteiger partial charge in [-0.2, -0.15) is 0 Å². The Balaban J connectivity index is 1.20. The van der Waals surface area contributed by atoms with Gasteiger partial charge in [0.15, 0.2) is 0 Å². The Labute approximate surface area is 319 Å². The normalized spacial score (nSPS) is 11.4. The van der Waals surface area contributed by atoms with Gasteiger partial charge in [0.1, 0.15) is 0 Å². The minimum absolute atomic E-state index is 1.09. The number of hydrogen-bond donors (Lipinski definition) is 0. The maximum atomic E-state index is 2.36. The molecule has 0 aliphatic heterocycles. The Bertz CT molecular complexity index is 2600. The van der Waals surface area contributed by atoms with Crippen LogP contribution < -0.4 is 20.2 Å². The summed E-state index contributed by atoms with van der Waals surface area (Å²) in [5.41, 5.74) is 14.3.